The van der Waals surface area contributed by atoms with E-state index >= 15 is 0 Å². The standard InChI is InChI=1S/C13H21NOS/c1-4-11-5-6-13(15-3)12(9-11)7-8-14(2)10-16/h5-6,9,16H,4,7-8,10H2,1-3H3. The van der Waals surface area contributed by atoms with Crippen LogP contribution in [0.25, 0.3) is 0 Å². The summed E-state index contributed by atoms with van der Waals surface area (Å²) >= 11 is 4.24. The number of likely N-dealkylation sites (N-methyl/N-ethyl adjacent to an activating group) is 1. The zero-order valence-corrected chi connectivity index (χ0v) is 11.3. The lowest BCUT2D eigenvalue weighted by atomic mass is 10.1. The van der Waals surface area contributed by atoms with Crippen molar-refractivity contribution < 1.29 is 4.74 Å². The second-order valence-corrected chi connectivity index (χ2v) is 4.25. The molecular formula is C13H21NOS. The van der Waals surface area contributed by atoms with Crippen molar-refractivity contribution in [1.82, 2.24) is 4.90 Å². The highest BCUT2D eigenvalue weighted by Crippen LogP contribution is 2.20. The van der Waals surface area contributed by atoms with E-state index in [0.29, 0.717) is 0 Å². The first kappa shape index (κ1) is 13.4. The number of aryl methyl sites for hydroxylation is 1. The highest BCUT2D eigenvalue weighted by Gasteiger charge is 2.05. The maximum Gasteiger partial charge on any atom is 0.122 e. The van der Waals surface area contributed by atoms with Gasteiger partial charge in [0.2, 0.25) is 0 Å². The quantitative estimate of drug-likeness (QED) is 0.605. The van der Waals surface area contributed by atoms with Crippen molar-refractivity contribution in [2.24, 2.45) is 0 Å². The second kappa shape index (κ2) is 6.81. The number of hydrogen-bond donors (Lipinski definition) is 1. The third-order valence-electron chi connectivity index (χ3n) is 2.76. The summed E-state index contributed by atoms with van der Waals surface area (Å²) in [4.78, 5) is 2.18. The molecule has 3 heteroatoms. The van der Waals surface area contributed by atoms with Crippen molar-refractivity contribution in [3.63, 3.8) is 0 Å². The molecule has 0 aliphatic rings. The Morgan fingerprint density at radius 1 is 1.38 bits per heavy atom. The smallest absolute Gasteiger partial charge is 0.122 e. The van der Waals surface area contributed by atoms with Crippen LogP contribution in [0, 0.1) is 0 Å². The van der Waals surface area contributed by atoms with Crippen LogP contribution in [0.5, 0.6) is 5.75 Å². The van der Waals surface area contributed by atoms with Crippen LogP contribution in [-0.2, 0) is 12.8 Å². The van der Waals surface area contributed by atoms with Crippen LogP contribution in [0.15, 0.2) is 18.2 Å². The van der Waals surface area contributed by atoms with E-state index in [9.17, 15) is 0 Å². The molecule has 0 aliphatic heterocycles. The van der Waals surface area contributed by atoms with Gasteiger partial charge >= 0.3 is 0 Å². The zero-order valence-electron chi connectivity index (χ0n) is 10.4. The van der Waals surface area contributed by atoms with E-state index in [2.05, 4.69) is 49.7 Å². The van der Waals surface area contributed by atoms with Gasteiger partial charge in [0.1, 0.15) is 5.75 Å². The Morgan fingerprint density at radius 2 is 2.12 bits per heavy atom. The number of hydrogen-bond acceptors (Lipinski definition) is 3. The molecular weight excluding hydrogens is 218 g/mol. The molecule has 1 rings (SSSR count). The molecule has 2 nitrogen and oxygen atoms in total. The molecule has 0 amide bonds. The number of methoxy groups -OCH3 is 1. The van der Waals surface area contributed by atoms with Gasteiger partial charge < -0.3 is 4.74 Å². The van der Waals surface area contributed by atoms with Crippen molar-refractivity contribution in [3.8, 4) is 5.75 Å². The average Bonchev–Trinajstić information content (AvgIpc) is 2.35. The van der Waals surface area contributed by atoms with Gasteiger partial charge in [-0.15, -0.1) is 0 Å². The van der Waals surface area contributed by atoms with Crippen molar-refractivity contribution in [2.75, 3.05) is 26.6 Å². The highest BCUT2D eigenvalue weighted by atomic mass is 32.1. The molecule has 1 aromatic rings. The van der Waals surface area contributed by atoms with E-state index in [1.807, 2.05) is 0 Å². The fraction of sp³-hybridized carbons (Fsp3) is 0.538. The van der Waals surface area contributed by atoms with Crippen LogP contribution in [0.2, 0.25) is 0 Å². The number of benzene rings is 1. The van der Waals surface area contributed by atoms with Crippen LogP contribution in [0.1, 0.15) is 18.1 Å². The van der Waals surface area contributed by atoms with Crippen molar-refractivity contribution >= 4 is 12.6 Å². The summed E-state index contributed by atoms with van der Waals surface area (Å²) in [5.41, 5.74) is 2.65. The molecule has 0 unspecified atom stereocenters. The van der Waals surface area contributed by atoms with Crippen molar-refractivity contribution in [1.29, 1.82) is 0 Å². The molecule has 0 fully saturated rings. The van der Waals surface area contributed by atoms with Crippen LogP contribution in [0.4, 0.5) is 0 Å². The van der Waals surface area contributed by atoms with Gasteiger partial charge in [-0.2, -0.15) is 12.6 Å². The van der Waals surface area contributed by atoms with Crippen molar-refractivity contribution in [3.05, 3.63) is 29.3 Å². The first-order valence-corrected chi connectivity index (χ1v) is 6.29. The van der Waals surface area contributed by atoms with Crippen LogP contribution < -0.4 is 4.74 Å². The molecule has 0 N–H and O–H groups in total. The molecule has 0 saturated carbocycles. The minimum atomic E-state index is 0.787. The van der Waals surface area contributed by atoms with E-state index in [1.54, 1.807) is 7.11 Å². The Labute approximate surface area is 104 Å². The van der Waals surface area contributed by atoms with Crippen LogP contribution in [-0.4, -0.2) is 31.5 Å². The molecule has 0 atom stereocenters. The van der Waals surface area contributed by atoms with Crippen LogP contribution >= 0.6 is 12.6 Å². The lowest BCUT2D eigenvalue weighted by Gasteiger charge is -2.15. The zero-order chi connectivity index (χ0) is 12.0. The molecule has 90 valence electrons. The molecule has 1 aromatic carbocycles. The summed E-state index contributed by atoms with van der Waals surface area (Å²) in [6.45, 7) is 3.18. The Balaban J connectivity index is 2.75. The fourth-order valence-electron chi connectivity index (χ4n) is 1.63. The van der Waals surface area contributed by atoms with E-state index in [1.165, 1.54) is 11.1 Å². The number of rotatable bonds is 6. The van der Waals surface area contributed by atoms with Gasteiger partial charge in [-0.25, -0.2) is 0 Å². The maximum absolute atomic E-state index is 5.37. The van der Waals surface area contributed by atoms with E-state index in [4.69, 9.17) is 4.74 Å². The number of thiol groups is 1. The van der Waals surface area contributed by atoms with Gasteiger partial charge in [0.05, 0.1) is 7.11 Å². The lowest BCUT2D eigenvalue weighted by molar-refractivity contribution is 0.384. The van der Waals surface area contributed by atoms with Gasteiger partial charge in [-0.1, -0.05) is 19.1 Å². The molecule has 0 radical (unpaired) electrons. The van der Waals surface area contributed by atoms with Crippen LogP contribution in [0.3, 0.4) is 0 Å². The third-order valence-corrected chi connectivity index (χ3v) is 3.24. The summed E-state index contributed by atoms with van der Waals surface area (Å²) in [6, 6.07) is 6.44. The van der Waals surface area contributed by atoms with Gasteiger partial charge in [0.15, 0.2) is 0 Å². The molecule has 0 bridgehead atoms. The second-order valence-electron chi connectivity index (χ2n) is 3.97. The molecule has 0 aromatic heterocycles. The summed E-state index contributed by atoms with van der Waals surface area (Å²) < 4.78 is 5.37. The largest absolute Gasteiger partial charge is 0.496 e. The lowest BCUT2D eigenvalue weighted by Crippen LogP contribution is -2.19. The Morgan fingerprint density at radius 3 is 2.69 bits per heavy atom. The predicted molar refractivity (Wildman–Crippen MR) is 72.6 cm³/mol. The first-order valence-electron chi connectivity index (χ1n) is 5.66. The van der Waals surface area contributed by atoms with Gasteiger partial charge in [-0.3, -0.25) is 4.90 Å². The van der Waals surface area contributed by atoms with E-state index < -0.39 is 0 Å². The molecule has 16 heavy (non-hydrogen) atoms. The first-order chi connectivity index (χ1) is 7.71. The normalized spacial score (nSPS) is 10.8. The minimum Gasteiger partial charge on any atom is -0.496 e. The highest BCUT2D eigenvalue weighted by molar-refractivity contribution is 7.80. The van der Waals surface area contributed by atoms with Gasteiger partial charge in [0.25, 0.3) is 0 Å². The minimum absolute atomic E-state index is 0.787. The molecule has 0 heterocycles. The fourth-order valence-corrected chi connectivity index (χ4v) is 1.77. The summed E-state index contributed by atoms with van der Waals surface area (Å²) in [5, 5.41) is 0. The van der Waals surface area contributed by atoms with Gasteiger partial charge in [-0.05, 0) is 37.1 Å². The maximum atomic E-state index is 5.37. The molecule has 0 spiro atoms. The summed E-state index contributed by atoms with van der Waals surface area (Å²) in [6.07, 6.45) is 2.08. The van der Waals surface area contributed by atoms with E-state index in [0.717, 1.165) is 31.0 Å². The predicted octanol–water partition coefficient (Wildman–Crippen LogP) is 2.62. The Kier molecular flexibility index (Phi) is 5.71. The monoisotopic (exact) mass is 239 g/mol. The molecule has 0 aliphatic carbocycles. The third kappa shape index (κ3) is 3.72. The number of nitrogens with zero attached hydrogens (tertiary/aromatic N) is 1. The van der Waals surface area contributed by atoms with Crippen molar-refractivity contribution in [2.45, 2.75) is 19.8 Å². The van der Waals surface area contributed by atoms with Gasteiger partial charge in [0, 0.05) is 12.4 Å². The average molecular weight is 239 g/mol. The topological polar surface area (TPSA) is 12.5 Å². The van der Waals surface area contributed by atoms with E-state index in [-0.39, 0.29) is 0 Å². The number of ether oxygens (including phenoxy) is 1. The molecule has 0 saturated heterocycles. The summed E-state index contributed by atoms with van der Waals surface area (Å²) in [5.74, 6) is 1.78. The Hall–Kier alpha value is -0.670. The SMILES string of the molecule is CCc1ccc(OC)c(CCN(C)CS)c1. The summed E-state index contributed by atoms with van der Waals surface area (Å²) in [7, 11) is 3.80. The Bertz CT molecular complexity index is 328.